The van der Waals surface area contributed by atoms with Gasteiger partial charge in [-0.1, -0.05) is 30.3 Å². The van der Waals surface area contributed by atoms with Crippen molar-refractivity contribution in [2.75, 3.05) is 19.6 Å². The summed E-state index contributed by atoms with van der Waals surface area (Å²) >= 11 is 0. The molecule has 2 heterocycles. The van der Waals surface area contributed by atoms with Crippen LogP contribution in [0.15, 0.2) is 40.9 Å². The Labute approximate surface area is 137 Å². The number of oxazole rings is 1. The maximum atomic E-state index is 5.85. The van der Waals surface area contributed by atoms with Gasteiger partial charge in [-0.15, -0.1) is 24.8 Å². The maximum absolute atomic E-state index is 5.85. The predicted molar refractivity (Wildman–Crippen MR) is 89.2 cm³/mol. The number of hydrogen-bond donors (Lipinski definition) is 1. The van der Waals surface area contributed by atoms with Gasteiger partial charge in [0.25, 0.3) is 0 Å². The fraction of sp³-hybridized carbons (Fsp3) is 0.400. The third-order valence-electron chi connectivity index (χ3n) is 3.59. The van der Waals surface area contributed by atoms with Crippen molar-refractivity contribution in [1.29, 1.82) is 0 Å². The third kappa shape index (κ3) is 4.45. The number of hydrogen-bond acceptors (Lipinski definition) is 4. The quantitative estimate of drug-likeness (QED) is 0.939. The second kappa shape index (κ2) is 8.39. The number of rotatable bonds is 3. The fourth-order valence-corrected chi connectivity index (χ4v) is 2.41. The summed E-state index contributed by atoms with van der Waals surface area (Å²) in [5.74, 6) is 1.64. The monoisotopic (exact) mass is 329 g/mol. The van der Waals surface area contributed by atoms with Gasteiger partial charge in [0.2, 0.25) is 5.89 Å². The fourth-order valence-electron chi connectivity index (χ4n) is 2.41. The van der Waals surface area contributed by atoms with Crippen LogP contribution in [0.3, 0.4) is 0 Å². The lowest BCUT2D eigenvalue weighted by Gasteiger charge is -2.32. The Kier molecular flexibility index (Phi) is 7.18. The standard InChI is InChI=1S/C15H19N3O.2ClH/c1-12-9-16-7-8-18(12)11-15-17-10-14(19-15)13-5-3-2-4-6-13;;/h2-6,10,12,16H,7-9,11H2,1H3;2*1H/t12-;;/m0../s1. The Morgan fingerprint density at radius 2 is 2.05 bits per heavy atom. The zero-order chi connectivity index (χ0) is 13.1. The van der Waals surface area contributed by atoms with Crippen LogP contribution in [0.4, 0.5) is 0 Å². The summed E-state index contributed by atoms with van der Waals surface area (Å²) in [6.07, 6.45) is 1.82. The molecule has 1 fully saturated rings. The summed E-state index contributed by atoms with van der Waals surface area (Å²) in [5.41, 5.74) is 1.08. The highest BCUT2D eigenvalue weighted by atomic mass is 35.5. The molecule has 0 unspecified atom stereocenters. The van der Waals surface area contributed by atoms with Crippen molar-refractivity contribution in [3.8, 4) is 11.3 Å². The Morgan fingerprint density at radius 1 is 1.29 bits per heavy atom. The first-order valence-electron chi connectivity index (χ1n) is 6.78. The van der Waals surface area contributed by atoms with Crippen LogP contribution in [0, 0.1) is 0 Å². The topological polar surface area (TPSA) is 41.3 Å². The van der Waals surface area contributed by atoms with E-state index in [0.717, 1.165) is 43.4 Å². The Balaban J connectivity index is 0.00000110. The van der Waals surface area contributed by atoms with E-state index >= 15 is 0 Å². The molecule has 0 spiro atoms. The second-order valence-electron chi connectivity index (χ2n) is 5.01. The molecule has 1 aromatic carbocycles. The van der Waals surface area contributed by atoms with Crippen LogP contribution in [0.2, 0.25) is 0 Å². The van der Waals surface area contributed by atoms with Gasteiger partial charge < -0.3 is 9.73 Å². The molecular formula is C15H21Cl2N3O. The summed E-state index contributed by atoms with van der Waals surface area (Å²) in [4.78, 5) is 6.79. The van der Waals surface area contributed by atoms with E-state index in [1.54, 1.807) is 0 Å². The molecule has 6 heteroatoms. The molecule has 0 amide bonds. The van der Waals surface area contributed by atoms with Gasteiger partial charge in [-0.05, 0) is 6.92 Å². The van der Waals surface area contributed by atoms with E-state index in [1.807, 2.05) is 36.5 Å². The van der Waals surface area contributed by atoms with Crippen molar-refractivity contribution in [3.05, 3.63) is 42.4 Å². The predicted octanol–water partition coefficient (Wildman–Crippen LogP) is 2.98. The molecule has 4 nitrogen and oxygen atoms in total. The van der Waals surface area contributed by atoms with E-state index in [0.29, 0.717) is 6.04 Å². The summed E-state index contributed by atoms with van der Waals surface area (Å²) in [5, 5.41) is 3.39. The van der Waals surface area contributed by atoms with Crippen LogP contribution in [-0.4, -0.2) is 35.6 Å². The highest BCUT2D eigenvalue weighted by molar-refractivity contribution is 5.85. The van der Waals surface area contributed by atoms with Crippen molar-refractivity contribution >= 4 is 24.8 Å². The molecule has 1 saturated heterocycles. The molecule has 1 aromatic heterocycles. The molecule has 2 aromatic rings. The van der Waals surface area contributed by atoms with Gasteiger partial charge in [0.1, 0.15) is 0 Å². The number of nitrogens with one attached hydrogen (secondary N) is 1. The minimum atomic E-state index is 0. The van der Waals surface area contributed by atoms with Crippen LogP contribution in [0.5, 0.6) is 0 Å². The van der Waals surface area contributed by atoms with Gasteiger partial charge in [0, 0.05) is 31.2 Å². The van der Waals surface area contributed by atoms with Crippen LogP contribution in [-0.2, 0) is 6.54 Å². The number of nitrogens with zero attached hydrogens (tertiary/aromatic N) is 2. The zero-order valence-electron chi connectivity index (χ0n) is 12.0. The average molecular weight is 330 g/mol. The lowest BCUT2D eigenvalue weighted by molar-refractivity contribution is 0.151. The van der Waals surface area contributed by atoms with Crippen LogP contribution < -0.4 is 5.32 Å². The first-order valence-corrected chi connectivity index (χ1v) is 6.78. The molecule has 0 bridgehead atoms. The molecule has 116 valence electrons. The second-order valence-corrected chi connectivity index (χ2v) is 5.01. The first kappa shape index (κ1) is 18.0. The summed E-state index contributed by atoms with van der Waals surface area (Å²) in [7, 11) is 0. The van der Waals surface area contributed by atoms with E-state index in [-0.39, 0.29) is 24.8 Å². The normalized spacial score (nSPS) is 18.6. The summed E-state index contributed by atoms with van der Waals surface area (Å²) in [6, 6.07) is 10.6. The molecule has 1 N–H and O–H groups in total. The lowest BCUT2D eigenvalue weighted by atomic mass is 10.2. The van der Waals surface area contributed by atoms with Crippen LogP contribution in [0.25, 0.3) is 11.3 Å². The average Bonchev–Trinajstić information content (AvgIpc) is 2.91. The molecule has 0 saturated carbocycles. The minimum absolute atomic E-state index is 0. The summed E-state index contributed by atoms with van der Waals surface area (Å²) in [6.45, 7) is 6.13. The number of aromatic nitrogens is 1. The number of benzene rings is 1. The van der Waals surface area contributed by atoms with Crippen molar-refractivity contribution in [2.24, 2.45) is 0 Å². The Bertz CT molecular complexity index is 533. The number of halogens is 2. The molecule has 1 aliphatic rings. The zero-order valence-corrected chi connectivity index (χ0v) is 13.6. The SMILES string of the molecule is C[C@H]1CNCCN1Cc1ncc(-c2ccccc2)o1.Cl.Cl. The van der Waals surface area contributed by atoms with Gasteiger partial charge in [0.05, 0.1) is 12.7 Å². The van der Waals surface area contributed by atoms with Crippen LogP contribution >= 0.6 is 24.8 Å². The van der Waals surface area contributed by atoms with Gasteiger partial charge in [0.15, 0.2) is 5.76 Å². The molecule has 3 rings (SSSR count). The minimum Gasteiger partial charge on any atom is -0.439 e. The third-order valence-corrected chi connectivity index (χ3v) is 3.59. The smallest absolute Gasteiger partial charge is 0.209 e. The number of piperazine rings is 1. The van der Waals surface area contributed by atoms with Crippen molar-refractivity contribution in [3.63, 3.8) is 0 Å². The van der Waals surface area contributed by atoms with Gasteiger partial charge in [-0.2, -0.15) is 0 Å². The molecule has 1 atom stereocenters. The van der Waals surface area contributed by atoms with E-state index in [1.165, 1.54) is 0 Å². The lowest BCUT2D eigenvalue weighted by Crippen LogP contribution is -2.49. The van der Waals surface area contributed by atoms with Crippen molar-refractivity contribution in [1.82, 2.24) is 15.2 Å². The first-order chi connectivity index (χ1) is 9.33. The van der Waals surface area contributed by atoms with Crippen LogP contribution in [0.1, 0.15) is 12.8 Å². The summed E-state index contributed by atoms with van der Waals surface area (Å²) < 4.78 is 5.85. The van der Waals surface area contributed by atoms with E-state index < -0.39 is 0 Å². The molecular weight excluding hydrogens is 309 g/mol. The van der Waals surface area contributed by atoms with E-state index in [2.05, 4.69) is 22.1 Å². The van der Waals surface area contributed by atoms with Gasteiger partial charge in [-0.3, -0.25) is 4.90 Å². The molecule has 1 aliphatic heterocycles. The van der Waals surface area contributed by atoms with Gasteiger partial charge >= 0.3 is 0 Å². The van der Waals surface area contributed by atoms with Crippen molar-refractivity contribution < 1.29 is 4.42 Å². The van der Waals surface area contributed by atoms with E-state index in [9.17, 15) is 0 Å². The Morgan fingerprint density at radius 3 is 2.76 bits per heavy atom. The molecule has 0 aliphatic carbocycles. The van der Waals surface area contributed by atoms with E-state index in [4.69, 9.17) is 4.42 Å². The highest BCUT2D eigenvalue weighted by Crippen LogP contribution is 2.20. The maximum Gasteiger partial charge on any atom is 0.209 e. The molecule has 21 heavy (non-hydrogen) atoms. The largest absolute Gasteiger partial charge is 0.439 e. The van der Waals surface area contributed by atoms with Gasteiger partial charge in [-0.25, -0.2) is 4.98 Å². The van der Waals surface area contributed by atoms with Crippen molar-refractivity contribution in [2.45, 2.75) is 19.5 Å². The Hall–Kier alpha value is -1.07. The highest BCUT2D eigenvalue weighted by Gasteiger charge is 2.19. The molecule has 0 radical (unpaired) electrons.